The molecule has 0 amide bonds. The van der Waals surface area contributed by atoms with Gasteiger partial charge in [-0.2, -0.15) is 12.6 Å². The fourth-order valence-electron chi connectivity index (χ4n) is 1.95. The Labute approximate surface area is 101 Å². The van der Waals surface area contributed by atoms with Crippen molar-refractivity contribution in [3.8, 4) is 0 Å². The average molecular weight is 240 g/mol. The summed E-state index contributed by atoms with van der Waals surface area (Å²) in [4.78, 5) is 4.37. The van der Waals surface area contributed by atoms with Gasteiger partial charge in [-0.05, 0) is 24.7 Å². The highest BCUT2D eigenvalue weighted by molar-refractivity contribution is 7.79. The Morgan fingerprint density at radius 1 is 1.25 bits per heavy atom. The third-order valence-corrected chi connectivity index (χ3v) is 3.40. The predicted molar refractivity (Wildman–Crippen MR) is 68.8 cm³/mol. The van der Waals surface area contributed by atoms with Crippen LogP contribution in [0.5, 0.6) is 0 Å². The minimum atomic E-state index is -0.130. The summed E-state index contributed by atoms with van der Waals surface area (Å²) in [6.07, 6.45) is 0. The summed E-state index contributed by atoms with van der Waals surface area (Å²) in [5, 5.41) is 0. The quantitative estimate of drug-likeness (QED) is 0.790. The summed E-state index contributed by atoms with van der Waals surface area (Å²) >= 11 is 4.22. The maximum Gasteiger partial charge on any atom is 0.146 e. The van der Waals surface area contributed by atoms with E-state index in [9.17, 15) is 4.39 Å². The highest BCUT2D eigenvalue weighted by Gasteiger charge is 2.17. The lowest BCUT2D eigenvalue weighted by Gasteiger charge is -2.34. The van der Waals surface area contributed by atoms with Crippen LogP contribution in [0.4, 0.5) is 10.1 Å². The molecule has 0 aliphatic carbocycles. The molecule has 0 radical (unpaired) electrons. The number of likely N-dealkylation sites (N-methyl/N-ethyl adjacent to an activating group) is 1. The molecule has 1 fully saturated rings. The molecule has 1 saturated heterocycles. The Morgan fingerprint density at radius 3 is 2.56 bits per heavy atom. The number of rotatable bonds is 2. The topological polar surface area (TPSA) is 6.48 Å². The molecule has 0 bridgehead atoms. The van der Waals surface area contributed by atoms with Crippen LogP contribution in [0, 0.1) is 5.82 Å². The van der Waals surface area contributed by atoms with Crippen molar-refractivity contribution in [2.75, 3.05) is 38.1 Å². The van der Waals surface area contributed by atoms with Crippen molar-refractivity contribution in [1.29, 1.82) is 0 Å². The molecule has 0 spiro atoms. The maximum atomic E-state index is 13.7. The molecule has 1 aliphatic heterocycles. The van der Waals surface area contributed by atoms with E-state index in [2.05, 4.69) is 29.5 Å². The third kappa shape index (κ3) is 2.50. The summed E-state index contributed by atoms with van der Waals surface area (Å²) in [6, 6.07) is 5.24. The minimum absolute atomic E-state index is 0.130. The fraction of sp³-hybridized carbons (Fsp3) is 0.500. The lowest BCUT2D eigenvalue weighted by molar-refractivity contribution is 0.311. The summed E-state index contributed by atoms with van der Waals surface area (Å²) in [6.45, 7) is 3.77. The Balaban J connectivity index is 2.19. The molecule has 0 saturated carbocycles. The predicted octanol–water partition coefficient (Wildman–Crippen LogP) is 2.01. The fourth-order valence-corrected chi connectivity index (χ4v) is 2.14. The van der Waals surface area contributed by atoms with Crippen LogP contribution in [0.15, 0.2) is 18.2 Å². The molecular formula is C12H17FN2S. The average Bonchev–Trinajstić information content (AvgIpc) is 2.31. The maximum absolute atomic E-state index is 13.7. The van der Waals surface area contributed by atoms with Gasteiger partial charge in [-0.25, -0.2) is 4.39 Å². The van der Waals surface area contributed by atoms with E-state index < -0.39 is 0 Å². The Hall–Kier alpha value is -0.740. The number of hydrogen-bond acceptors (Lipinski definition) is 3. The van der Waals surface area contributed by atoms with Gasteiger partial charge in [0.05, 0.1) is 5.69 Å². The summed E-state index contributed by atoms with van der Waals surface area (Å²) in [5.41, 5.74) is 1.79. The molecule has 16 heavy (non-hydrogen) atoms. The lowest BCUT2D eigenvalue weighted by atomic mass is 10.2. The molecule has 2 nitrogen and oxygen atoms in total. The lowest BCUT2D eigenvalue weighted by Crippen LogP contribution is -2.44. The van der Waals surface area contributed by atoms with E-state index in [1.54, 1.807) is 12.1 Å². The van der Waals surface area contributed by atoms with Gasteiger partial charge in [0.15, 0.2) is 0 Å². The Kier molecular flexibility index (Phi) is 3.71. The van der Waals surface area contributed by atoms with Gasteiger partial charge >= 0.3 is 0 Å². The van der Waals surface area contributed by atoms with E-state index >= 15 is 0 Å². The molecular weight excluding hydrogens is 223 g/mol. The highest BCUT2D eigenvalue weighted by Crippen LogP contribution is 2.22. The van der Waals surface area contributed by atoms with E-state index in [1.165, 1.54) is 0 Å². The summed E-state index contributed by atoms with van der Waals surface area (Å²) in [5.74, 6) is 0.524. The van der Waals surface area contributed by atoms with Crippen molar-refractivity contribution in [3.63, 3.8) is 0 Å². The first-order valence-corrected chi connectivity index (χ1v) is 6.16. The van der Waals surface area contributed by atoms with Crippen LogP contribution in [-0.4, -0.2) is 38.1 Å². The van der Waals surface area contributed by atoms with Crippen molar-refractivity contribution < 1.29 is 4.39 Å². The van der Waals surface area contributed by atoms with Crippen LogP contribution >= 0.6 is 12.6 Å². The van der Waals surface area contributed by atoms with Crippen molar-refractivity contribution in [2.24, 2.45) is 0 Å². The molecule has 0 unspecified atom stereocenters. The molecule has 88 valence electrons. The Bertz CT molecular complexity index is 362. The molecule has 0 aromatic heterocycles. The van der Waals surface area contributed by atoms with Crippen molar-refractivity contribution in [1.82, 2.24) is 4.90 Å². The second kappa shape index (κ2) is 5.06. The van der Waals surface area contributed by atoms with Crippen LogP contribution in [0.1, 0.15) is 5.56 Å². The molecule has 4 heteroatoms. The number of halogens is 1. The first-order valence-electron chi connectivity index (χ1n) is 5.53. The highest BCUT2D eigenvalue weighted by atomic mass is 32.1. The molecule has 0 N–H and O–H groups in total. The molecule has 2 rings (SSSR count). The van der Waals surface area contributed by atoms with Crippen LogP contribution in [0.2, 0.25) is 0 Å². The van der Waals surface area contributed by atoms with Crippen molar-refractivity contribution in [3.05, 3.63) is 29.6 Å². The zero-order valence-electron chi connectivity index (χ0n) is 9.49. The van der Waals surface area contributed by atoms with E-state index in [4.69, 9.17) is 0 Å². The van der Waals surface area contributed by atoms with E-state index in [1.807, 2.05) is 6.07 Å². The second-order valence-corrected chi connectivity index (χ2v) is 4.55. The van der Waals surface area contributed by atoms with Gasteiger partial charge in [0.1, 0.15) is 5.82 Å². The number of thiol groups is 1. The molecule has 0 atom stereocenters. The van der Waals surface area contributed by atoms with Gasteiger partial charge in [0.25, 0.3) is 0 Å². The molecule has 1 aromatic rings. The number of benzene rings is 1. The van der Waals surface area contributed by atoms with E-state index in [0.29, 0.717) is 5.75 Å². The Morgan fingerprint density at radius 2 is 1.94 bits per heavy atom. The van der Waals surface area contributed by atoms with Crippen molar-refractivity contribution >= 4 is 18.3 Å². The second-order valence-electron chi connectivity index (χ2n) is 4.23. The number of nitrogens with zero attached hydrogens (tertiary/aromatic N) is 2. The number of piperazine rings is 1. The van der Waals surface area contributed by atoms with Gasteiger partial charge < -0.3 is 9.80 Å². The van der Waals surface area contributed by atoms with Gasteiger partial charge in [0.2, 0.25) is 0 Å². The third-order valence-electron chi connectivity index (χ3n) is 3.04. The van der Waals surface area contributed by atoms with Crippen LogP contribution in [0.25, 0.3) is 0 Å². The molecule has 1 aromatic carbocycles. The van der Waals surface area contributed by atoms with E-state index in [0.717, 1.165) is 37.4 Å². The smallest absolute Gasteiger partial charge is 0.146 e. The normalized spacial score (nSPS) is 17.8. The first kappa shape index (κ1) is 11.7. The number of hydrogen-bond donors (Lipinski definition) is 1. The van der Waals surface area contributed by atoms with Gasteiger partial charge in [-0.3, -0.25) is 0 Å². The van der Waals surface area contributed by atoms with Gasteiger partial charge in [0, 0.05) is 31.9 Å². The van der Waals surface area contributed by atoms with Crippen molar-refractivity contribution in [2.45, 2.75) is 5.75 Å². The zero-order chi connectivity index (χ0) is 11.5. The van der Waals surface area contributed by atoms with Gasteiger partial charge in [-0.1, -0.05) is 6.07 Å². The van der Waals surface area contributed by atoms with Gasteiger partial charge in [-0.15, -0.1) is 0 Å². The molecule has 1 aliphatic rings. The standard InChI is InChI=1S/C12H17FN2S/c1-14-4-6-15(7-5-14)12-8-10(9-16)2-3-11(12)13/h2-3,8,16H,4-7,9H2,1H3. The van der Waals surface area contributed by atoms with E-state index in [-0.39, 0.29) is 5.82 Å². The largest absolute Gasteiger partial charge is 0.367 e. The first-order chi connectivity index (χ1) is 7.70. The summed E-state index contributed by atoms with van der Waals surface area (Å²) in [7, 11) is 2.10. The summed E-state index contributed by atoms with van der Waals surface area (Å²) < 4.78 is 13.7. The van der Waals surface area contributed by atoms with Crippen LogP contribution in [0.3, 0.4) is 0 Å². The number of anilines is 1. The molecule has 1 heterocycles. The van der Waals surface area contributed by atoms with Crippen LogP contribution < -0.4 is 4.90 Å². The zero-order valence-corrected chi connectivity index (χ0v) is 10.4. The van der Waals surface area contributed by atoms with Crippen LogP contribution in [-0.2, 0) is 5.75 Å². The monoisotopic (exact) mass is 240 g/mol. The SMILES string of the molecule is CN1CCN(c2cc(CS)ccc2F)CC1. The minimum Gasteiger partial charge on any atom is -0.367 e.